The molecular weight excluding hydrogens is 500 g/mol. The van der Waals surface area contributed by atoms with Gasteiger partial charge in [0.05, 0.1) is 17.4 Å². The zero-order valence-corrected chi connectivity index (χ0v) is 22.4. The molecule has 0 radical (unpaired) electrons. The molecule has 1 aliphatic rings. The summed E-state index contributed by atoms with van der Waals surface area (Å²) in [7, 11) is 0. The van der Waals surface area contributed by atoms with Gasteiger partial charge in [-0.15, -0.1) is 0 Å². The molecule has 5 rings (SSSR count). The van der Waals surface area contributed by atoms with Crippen LogP contribution >= 0.6 is 0 Å². The Labute approximate surface area is 234 Å². The highest BCUT2D eigenvalue weighted by atomic mass is 16.5. The molecule has 0 saturated heterocycles. The minimum atomic E-state index is -0.931. The van der Waals surface area contributed by atoms with Crippen LogP contribution in [0.1, 0.15) is 29.2 Å². The summed E-state index contributed by atoms with van der Waals surface area (Å²) in [4.78, 5) is 11.2. The number of esters is 1. The van der Waals surface area contributed by atoms with Gasteiger partial charge in [0.15, 0.2) is 0 Å². The maximum Gasteiger partial charge on any atom is 0.330 e. The number of carbonyl (C=O) groups excluding carboxylic acids is 1. The van der Waals surface area contributed by atoms with Crippen molar-refractivity contribution in [2.75, 3.05) is 18.2 Å². The van der Waals surface area contributed by atoms with E-state index in [9.17, 15) is 9.90 Å². The zero-order chi connectivity index (χ0) is 27.9. The lowest BCUT2D eigenvalue weighted by Gasteiger charge is -2.24. The van der Waals surface area contributed by atoms with Crippen molar-refractivity contribution in [2.45, 2.75) is 25.5 Å². The number of nitrogens with zero attached hydrogens (tertiary/aromatic N) is 2. The molecule has 6 nitrogen and oxygen atoms in total. The Morgan fingerprint density at radius 2 is 1.57 bits per heavy atom. The summed E-state index contributed by atoms with van der Waals surface area (Å²) < 4.78 is 10.6. The predicted molar refractivity (Wildman–Crippen MR) is 159 cm³/mol. The quantitative estimate of drug-likeness (QED) is 0.187. The van der Waals surface area contributed by atoms with E-state index in [1.165, 1.54) is 16.7 Å². The molecule has 0 saturated carbocycles. The molecule has 0 amide bonds. The normalized spacial score (nSPS) is 15.3. The number of aryl methyl sites for hydroxylation is 1. The highest BCUT2D eigenvalue weighted by Gasteiger charge is 2.30. The van der Waals surface area contributed by atoms with E-state index in [0.717, 1.165) is 35.0 Å². The molecule has 4 aromatic rings. The SMILES string of the molecule is C=CC(=O)OCC(O)COc1ccc(C2CC(c3ccc(-c4ccccc4)cc3)=NN2c2ccc(C)cc2)cc1. The van der Waals surface area contributed by atoms with Crippen molar-refractivity contribution >= 4 is 17.4 Å². The van der Waals surface area contributed by atoms with E-state index in [2.05, 4.69) is 79.2 Å². The lowest BCUT2D eigenvalue weighted by Crippen LogP contribution is -2.24. The van der Waals surface area contributed by atoms with Crippen LogP contribution in [0.4, 0.5) is 5.69 Å². The first-order chi connectivity index (χ1) is 19.5. The van der Waals surface area contributed by atoms with Crippen molar-refractivity contribution in [3.63, 3.8) is 0 Å². The van der Waals surface area contributed by atoms with Gasteiger partial charge in [0.2, 0.25) is 0 Å². The monoisotopic (exact) mass is 532 g/mol. The number of hydrogen-bond acceptors (Lipinski definition) is 6. The second kappa shape index (κ2) is 12.5. The highest BCUT2D eigenvalue weighted by Crippen LogP contribution is 2.37. The topological polar surface area (TPSA) is 71.4 Å². The van der Waals surface area contributed by atoms with Gasteiger partial charge in [0, 0.05) is 12.5 Å². The lowest BCUT2D eigenvalue weighted by atomic mass is 9.96. The Morgan fingerprint density at radius 1 is 0.925 bits per heavy atom. The highest BCUT2D eigenvalue weighted by molar-refractivity contribution is 6.03. The summed E-state index contributed by atoms with van der Waals surface area (Å²) >= 11 is 0. The van der Waals surface area contributed by atoms with Crippen LogP contribution in [0.2, 0.25) is 0 Å². The molecule has 6 heteroatoms. The molecule has 4 aromatic carbocycles. The summed E-state index contributed by atoms with van der Waals surface area (Å²) in [5.41, 5.74) is 7.83. The second-order valence-corrected chi connectivity index (χ2v) is 9.76. The zero-order valence-electron chi connectivity index (χ0n) is 22.4. The van der Waals surface area contributed by atoms with Crippen molar-refractivity contribution in [3.05, 3.63) is 132 Å². The Kier molecular flexibility index (Phi) is 8.38. The molecule has 1 aliphatic heterocycles. The van der Waals surface area contributed by atoms with Crippen LogP contribution in [0, 0.1) is 6.92 Å². The molecule has 0 aliphatic carbocycles. The summed E-state index contributed by atoms with van der Waals surface area (Å²) in [6, 6.07) is 35.2. The minimum Gasteiger partial charge on any atom is -0.491 e. The number of hydrogen-bond donors (Lipinski definition) is 1. The van der Waals surface area contributed by atoms with E-state index in [0.29, 0.717) is 5.75 Å². The average molecular weight is 533 g/mol. The van der Waals surface area contributed by atoms with E-state index >= 15 is 0 Å². The number of carbonyl (C=O) groups is 1. The number of benzene rings is 4. The van der Waals surface area contributed by atoms with Crippen molar-refractivity contribution in [1.82, 2.24) is 0 Å². The fourth-order valence-electron chi connectivity index (χ4n) is 4.63. The molecule has 1 N–H and O–H groups in total. The van der Waals surface area contributed by atoms with Crippen molar-refractivity contribution in [1.29, 1.82) is 0 Å². The third-order valence-corrected chi connectivity index (χ3v) is 6.83. The number of ether oxygens (including phenoxy) is 2. The van der Waals surface area contributed by atoms with Gasteiger partial charge in [0.25, 0.3) is 0 Å². The van der Waals surface area contributed by atoms with Crippen LogP contribution in [0.5, 0.6) is 5.75 Å². The van der Waals surface area contributed by atoms with E-state index in [1.54, 1.807) is 0 Å². The fraction of sp³-hybridized carbons (Fsp3) is 0.176. The van der Waals surface area contributed by atoms with Crippen LogP contribution in [-0.4, -0.2) is 36.1 Å². The summed E-state index contributed by atoms with van der Waals surface area (Å²) in [6.07, 6.45) is 0.885. The molecule has 0 bridgehead atoms. The van der Waals surface area contributed by atoms with Gasteiger partial charge in [-0.2, -0.15) is 5.10 Å². The average Bonchev–Trinajstić information content (AvgIpc) is 3.45. The molecule has 2 unspecified atom stereocenters. The minimum absolute atomic E-state index is 0.00885. The van der Waals surface area contributed by atoms with Crippen LogP contribution in [-0.2, 0) is 9.53 Å². The van der Waals surface area contributed by atoms with Gasteiger partial charge in [-0.25, -0.2) is 4.79 Å². The lowest BCUT2D eigenvalue weighted by molar-refractivity contribution is -0.141. The van der Waals surface area contributed by atoms with Gasteiger partial charge in [-0.3, -0.25) is 5.01 Å². The Balaban J connectivity index is 1.32. The van der Waals surface area contributed by atoms with Gasteiger partial charge in [-0.05, 0) is 53.4 Å². The van der Waals surface area contributed by atoms with Crippen LogP contribution in [0.25, 0.3) is 11.1 Å². The Hall–Kier alpha value is -4.68. The van der Waals surface area contributed by atoms with Crippen LogP contribution in [0.15, 0.2) is 121 Å². The van der Waals surface area contributed by atoms with Gasteiger partial charge in [-0.1, -0.05) is 91.0 Å². The van der Waals surface area contributed by atoms with E-state index < -0.39 is 12.1 Å². The van der Waals surface area contributed by atoms with Crippen LogP contribution in [0.3, 0.4) is 0 Å². The smallest absolute Gasteiger partial charge is 0.330 e. The Morgan fingerprint density at radius 3 is 2.25 bits per heavy atom. The molecule has 202 valence electrons. The Bertz CT molecular complexity index is 1460. The van der Waals surface area contributed by atoms with Crippen molar-refractivity contribution in [2.24, 2.45) is 5.10 Å². The fourth-order valence-corrected chi connectivity index (χ4v) is 4.63. The summed E-state index contributed by atoms with van der Waals surface area (Å²) in [5, 5.41) is 17.2. The number of aliphatic hydroxyl groups is 1. The third-order valence-electron chi connectivity index (χ3n) is 6.83. The number of hydrazone groups is 1. The maximum absolute atomic E-state index is 11.2. The molecule has 40 heavy (non-hydrogen) atoms. The van der Waals surface area contributed by atoms with Gasteiger partial charge >= 0.3 is 5.97 Å². The molecule has 0 fully saturated rings. The van der Waals surface area contributed by atoms with Crippen molar-refractivity contribution in [3.8, 4) is 16.9 Å². The van der Waals surface area contributed by atoms with Gasteiger partial charge < -0.3 is 14.6 Å². The third kappa shape index (κ3) is 6.47. The second-order valence-electron chi connectivity index (χ2n) is 9.76. The number of anilines is 1. The molecule has 0 aromatic heterocycles. The number of rotatable bonds is 10. The first-order valence-corrected chi connectivity index (χ1v) is 13.3. The summed E-state index contributed by atoms with van der Waals surface area (Å²) in [6.45, 7) is 5.27. The van der Waals surface area contributed by atoms with E-state index in [4.69, 9.17) is 14.6 Å². The first kappa shape index (κ1) is 26.9. The molecule has 1 heterocycles. The van der Waals surface area contributed by atoms with E-state index in [-0.39, 0.29) is 19.3 Å². The molecule has 2 atom stereocenters. The first-order valence-electron chi connectivity index (χ1n) is 13.3. The summed E-state index contributed by atoms with van der Waals surface area (Å²) in [5.74, 6) is 0.0437. The predicted octanol–water partition coefficient (Wildman–Crippen LogP) is 6.49. The number of aliphatic hydroxyl groups excluding tert-OH is 1. The van der Waals surface area contributed by atoms with Crippen molar-refractivity contribution < 1.29 is 19.4 Å². The van der Waals surface area contributed by atoms with Gasteiger partial charge in [0.1, 0.15) is 25.1 Å². The largest absolute Gasteiger partial charge is 0.491 e. The molecule has 0 spiro atoms. The maximum atomic E-state index is 11.2. The molecular formula is C34H32N2O4. The van der Waals surface area contributed by atoms with Crippen LogP contribution < -0.4 is 9.75 Å². The standard InChI is InChI=1S/C34H32N2O4/c1-3-34(38)40-23-30(37)22-39-31-19-15-28(16-20-31)33-21-32(35-36(33)29-17-9-24(2)10-18-29)27-13-11-26(12-14-27)25-7-5-4-6-8-25/h3-20,30,33,37H,1,21-23H2,2H3. The van der Waals surface area contributed by atoms with E-state index in [1.807, 2.05) is 42.5 Å².